The molecule has 7 nitrogen and oxygen atoms in total. The predicted molar refractivity (Wildman–Crippen MR) is 103 cm³/mol. The van der Waals surface area contributed by atoms with E-state index < -0.39 is 23.4 Å². The molecule has 154 valence electrons. The highest BCUT2D eigenvalue weighted by Gasteiger charge is 2.43. The number of nitrogens with two attached hydrogens (primary N) is 1. The molecule has 1 aliphatic heterocycles. The van der Waals surface area contributed by atoms with E-state index in [-0.39, 0.29) is 36.0 Å². The van der Waals surface area contributed by atoms with Gasteiger partial charge in [-0.3, -0.25) is 9.48 Å². The highest BCUT2D eigenvalue weighted by molar-refractivity contribution is 6.31. The minimum atomic E-state index is -0.894. The van der Waals surface area contributed by atoms with E-state index in [1.807, 2.05) is 0 Å². The Kier molecular flexibility index (Phi) is 4.72. The van der Waals surface area contributed by atoms with E-state index in [1.165, 1.54) is 18.2 Å². The molecule has 0 bridgehead atoms. The standard InChI is InChI=1S/C19H20ClF2N5O2/c1-19(7-11(21)8-19)24-18(29)26-4-5-27-14(9-26)15(17(23)28)16(25-27)10-2-3-13(22)12(20)6-10/h2-3,6,11H,4-5,7-9H2,1H3,(H2,23,28)(H,24,29)/t11-,19-. The van der Waals surface area contributed by atoms with Gasteiger partial charge in [0.25, 0.3) is 5.91 Å². The number of alkyl halides is 1. The molecule has 1 saturated carbocycles. The van der Waals surface area contributed by atoms with E-state index in [9.17, 15) is 18.4 Å². The highest BCUT2D eigenvalue weighted by atomic mass is 35.5. The number of benzene rings is 1. The third kappa shape index (κ3) is 3.55. The van der Waals surface area contributed by atoms with Gasteiger partial charge in [-0.1, -0.05) is 11.6 Å². The summed E-state index contributed by atoms with van der Waals surface area (Å²) in [6.45, 7) is 2.67. The summed E-state index contributed by atoms with van der Waals surface area (Å²) in [5, 5.41) is 7.22. The van der Waals surface area contributed by atoms with Crippen LogP contribution < -0.4 is 11.1 Å². The second-order valence-corrected chi connectivity index (χ2v) is 8.21. The molecule has 4 rings (SSSR count). The molecule has 0 saturated heterocycles. The fourth-order valence-electron chi connectivity index (χ4n) is 3.95. The maximum Gasteiger partial charge on any atom is 0.318 e. The van der Waals surface area contributed by atoms with Crippen LogP contribution in [-0.4, -0.2) is 44.9 Å². The van der Waals surface area contributed by atoms with Crippen molar-refractivity contribution >= 4 is 23.5 Å². The number of carbonyl (C=O) groups is 2. The van der Waals surface area contributed by atoms with Gasteiger partial charge >= 0.3 is 6.03 Å². The molecule has 29 heavy (non-hydrogen) atoms. The lowest BCUT2D eigenvalue weighted by atomic mass is 9.77. The van der Waals surface area contributed by atoms with E-state index in [0.717, 1.165) is 0 Å². The van der Waals surface area contributed by atoms with E-state index in [4.69, 9.17) is 17.3 Å². The van der Waals surface area contributed by atoms with Crippen molar-refractivity contribution in [1.82, 2.24) is 20.0 Å². The van der Waals surface area contributed by atoms with Crippen LogP contribution in [0.4, 0.5) is 13.6 Å². The SMILES string of the molecule is C[C@]1(NC(=O)N2CCn3nc(-c4ccc(F)c(Cl)c4)c(C(N)=O)c3C2)C[C@H](F)C1. The molecular formula is C19H20ClF2N5O2. The Morgan fingerprint density at radius 2 is 2.07 bits per heavy atom. The Labute approximate surface area is 170 Å². The van der Waals surface area contributed by atoms with Crippen LogP contribution in [0, 0.1) is 5.82 Å². The number of hydrogen-bond donors (Lipinski definition) is 2. The molecule has 0 radical (unpaired) electrons. The maximum atomic E-state index is 13.5. The van der Waals surface area contributed by atoms with Crippen LogP contribution in [0.5, 0.6) is 0 Å². The Morgan fingerprint density at radius 1 is 1.34 bits per heavy atom. The Bertz CT molecular complexity index is 1000. The largest absolute Gasteiger partial charge is 0.365 e. The number of rotatable bonds is 3. The van der Waals surface area contributed by atoms with Crippen molar-refractivity contribution in [3.05, 3.63) is 40.3 Å². The summed E-state index contributed by atoms with van der Waals surface area (Å²) in [5.74, 6) is -1.28. The van der Waals surface area contributed by atoms with Crippen LogP contribution >= 0.6 is 11.6 Å². The van der Waals surface area contributed by atoms with Gasteiger partial charge in [0, 0.05) is 30.5 Å². The number of hydrogen-bond acceptors (Lipinski definition) is 3. The monoisotopic (exact) mass is 423 g/mol. The fourth-order valence-corrected chi connectivity index (χ4v) is 4.13. The lowest BCUT2D eigenvalue weighted by Gasteiger charge is -2.43. The predicted octanol–water partition coefficient (Wildman–Crippen LogP) is 2.86. The molecule has 1 aromatic heterocycles. The molecule has 2 heterocycles. The molecule has 1 aromatic carbocycles. The highest BCUT2D eigenvalue weighted by Crippen LogP contribution is 2.35. The average molecular weight is 424 g/mol. The summed E-state index contributed by atoms with van der Waals surface area (Å²) in [6.07, 6.45) is -0.325. The van der Waals surface area contributed by atoms with Gasteiger partial charge in [0.05, 0.1) is 29.4 Å². The number of halogens is 3. The Hall–Kier alpha value is -2.68. The first-order valence-electron chi connectivity index (χ1n) is 9.23. The lowest BCUT2D eigenvalue weighted by Crippen LogP contribution is -2.59. The smallest absolute Gasteiger partial charge is 0.318 e. The van der Waals surface area contributed by atoms with E-state index in [1.54, 1.807) is 16.5 Å². The molecular weight excluding hydrogens is 404 g/mol. The third-order valence-electron chi connectivity index (χ3n) is 5.46. The second-order valence-electron chi connectivity index (χ2n) is 7.80. The summed E-state index contributed by atoms with van der Waals surface area (Å²) in [4.78, 5) is 26.4. The first-order valence-corrected chi connectivity index (χ1v) is 9.61. The molecule has 0 unspecified atom stereocenters. The zero-order valence-electron chi connectivity index (χ0n) is 15.7. The number of urea groups is 1. The zero-order chi connectivity index (χ0) is 20.9. The number of nitrogens with one attached hydrogen (secondary N) is 1. The Balaban J connectivity index is 1.62. The van der Waals surface area contributed by atoms with Gasteiger partial charge in [0.2, 0.25) is 0 Å². The summed E-state index contributed by atoms with van der Waals surface area (Å²) in [7, 11) is 0. The molecule has 10 heteroatoms. The fraction of sp³-hybridized carbons (Fsp3) is 0.421. The number of aromatic nitrogens is 2. The molecule has 3 N–H and O–H groups in total. The molecule has 2 aromatic rings. The molecule has 1 aliphatic carbocycles. The normalized spacial score (nSPS) is 23.3. The average Bonchev–Trinajstić information content (AvgIpc) is 3.01. The maximum absolute atomic E-state index is 13.5. The van der Waals surface area contributed by atoms with Crippen molar-refractivity contribution in [2.45, 2.75) is 44.6 Å². The van der Waals surface area contributed by atoms with Crippen molar-refractivity contribution in [3.63, 3.8) is 0 Å². The lowest BCUT2D eigenvalue weighted by molar-refractivity contribution is 0.0789. The molecule has 3 amide bonds. The van der Waals surface area contributed by atoms with E-state index in [2.05, 4.69) is 10.4 Å². The van der Waals surface area contributed by atoms with Gasteiger partial charge in [-0.25, -0.2) is 13.6 Å². The van der Waals surface area contributed by atoms with E-state index >= 15 is 0 Å². The molecule has 0 atom stereocenters. The van der Waals surface area contributed by atoms with Crippen LogP contribution in [0.15, 0.2) is 18.2 Å². The van der Waals surface area contributed by atoms with Crippen molar-refractivity contribution < 1.29 is 18.4 Å². The minimum Gasteiger partial charge on any atom is -0.365 e. The Morgan fingerprint density at radius 3 is 2.69 bits per heavy atom. The topological polar surface area (TPSA) is 93.2 Å². The van der Waals surface area contributed by atoms with Crippen LogP contribution in [0.3, 0.4) is 0 Å². The summed E-state index contributed by atoms with van der Waals surface area (Å²) in [6, 6.07) is 3.72. The first kappa shape index (κ1) is 19.6. The van der Waals surface area contributed by atoms with Crippen LogP contribution in [-0.2, 0) is 13.1 Å². The summed E-state index contributed by atoms with van der Waals surface area (Å²) in [5.41, 5.74) is 6.46. The molecule has 1 fully saturated rings. The third-order valence-corrected chi connectivity index (χ3v) is 5.75. The van der Waals surface area contributed by atoms with Gasteiger partial charge in [-0.15, -0.1) is 0 Å². The number of carbonyl (C=O) groups excluding carboxylic acids is 2. The minimum absolute atomic E-state index is 0.0928. The van der Waals surface area contributed by atoms with Gasteiger partial charge in [-0.2, -0.15) is 5.10 Å². The van der Waals surface area contributed by atoms with Crippen LogP contribution in [0.25, 0.3) is 11.3 Å². The van der Waals surface area contributed by atoms with E-state index in [0.29, 0.717) is 30.0 Å². The number of nitrogens with zero attached hydrogens (tertiary/aromatic N) is 3. The van der Waals surface area contributed by atoms with Gasteiger partial charge < -0.3 is 16.0 Å². The van der Waals surface area contributed by atoms with Gasteiger partial charge in [0.15, 0.2) is 0 Å². The summed E-state index contributed by atoms with van der Waals surface area (Å²) >= 11 is 5.86. The van der Waals surface area contributed by atoms with Crippen molar-refractivity contribution in [3.8, 4) is 11.3 Å². The van der Waals surface area contributed by atoms with Gasteiger partial charge in [-0.05, 0) is 25.1 Å². The van der Waals surface area contributed by atoms with Crippen molar-refractivity contribution in [2.75, 3.05) is 6.54 Å². The zero-order valence-corrected chi connectivity index (χ0v) is 16.5. The first-order chi connectivity index (χ1) is 13.7. The number of amides is 3. The molecule has 0 spiro atoms. The number of fused-ring (bicyclic) bond motifs is 1. The van der Waals surface area contributed by atoms with Crippen molar-refractivity contribution in [1.29, 1.82) is 0 Å². The second kappa shape index (κ2) is 6.98. The number of primary amides is 1. The molecule has 2 aliphatic rings. The van der Waals surface area contributed by atoms with Crippen molar-refractivity contribution in [2.24, 2.45) is 5.73 Å². The van der Waals surface area contributed by atoms with Gasteiger partial charge in [0.1, 0.15) is 17.7 Å². The quantitative estimate of drug-likeness (QED) is 0.794. The van der Waals surface area contributed by atoms with Crippen LogP contribution in [0.1, 0.15) is 35.8 Å². The van der Waals surface area contributed by atoms with Crippen LogP contribution in [0.2, 0.25) is 5.02 Å². The summed E-state index contributed by atoms with van der Waals surface area (Å²) < 4.78 is 28.3.